The number of likely N-dealkylation sites (tertiary alicyclic amines) is 1. The van der Waals surface area contributed by atoms with Crippen molar-refractivity contribution in [2.75, 3.05) is 25.4 Å². The van der Waals surface area contributed by atoms with Crippen molar-refractivity contribution in [1.82, 2.24) is 19.7 Å². The molecule has 0 radical (unpaired) electrons. The van der Waals surface area contributed by atoms with Crippen LogP contribution in [0.15, 0.2) is 59.8 Å². The number of rotatable bonds is 8. The normalized spacial score (nSPS) is 19.8. The van der Waals surface area contributed by atoms with Gasteiger partial charge in [-0.1, -0.05) is 65.8 Å². The maximum absolute atomic E-state index is 6.04. The molecule has 3 aromatic rings. The molecule has 2 aliphatic rings. The maximum Gasteiger partial charge on any atom is 0.191 e. The van der Waals surface area contributed by atoms with Crippen molar-refractivity contribution in [3.63, 3.8) is 0 Å². The fourth-order valence-corrected chi connectivity index (χ4v) is 5.90. The highest BCUT2D eigenvalue weighted by molar-refractivity contribution is 7.99. The molecule has 0 bridgehead atoms. The fraction of sp³-hybridized carbons (Fsp3) is 0.462. The first kappa shape index (κ1) is 22.9. The Morgan fingerprint density at radius 3 is 2.39 bits per heavy atom. The summed E-state index contributed by atoms with van der Waals surface area (Å²) in [6, 6.07) is 18.9. The molecule has 1 unspecified atom stereocenters. The van der Waals surface area contributed by atoms with Crippen LogP contribution in [0, 0.1) is 0 Å². The number of benzene rings is 2. The molecule has 0 N–H and O–H groups in total. The smallest absolute Gasteiger partial charge is 0.191 e. The fourth-order valence-electron chi connectivity index (χ4n) is 4.76. The van der Waals surface area contributed by atoms with E-state index in [1.807, 2.05) is 12.1 Å². The maximum atomic E-state index is 6.04. The van der Waals surface area contributed by atoms with Gasteiger partial charge < -0.3 is 9.30 Å². The van der Waals surface area contributed by atoms with E-state index in [2.05, 4.69) is 57.0 Å². The van der Waals surface area contributed by atoms with Gasteiger partial charge >= 0.3 is 0 Å². The summed E-state index contributed by atoms with van der Waals surface area (Å²) in [6.45, 7) is 4.83. The van der Waals surface area contributed by atoms with Crippen LogP contribution in [0.1, 0.15) is 48.6 Å². The highest BCUT2D eigenvalue weighted by Crippen LogP contribution is 2.31. The summed E-state index contributed by atoms with van der Waals surface area (Å²) < 4.78 is 8.19. The molecule has 1 aromatic heterocycles. The minimum Gasteiger partial charge on any atom is -0.377 e. The molecule has 2 aliphatic heterocycles. The molecular formula is C26H31ClN4OS. The Morgan fingerprint density at radius 2 is 1.67 bits per heavy atom. The molecular weight excluding hydrogens is 452 g/mol. The van der Waals surface area contributed by atoms with Gasteiger partial charge in [0.2, 0.25) is 0 Å². The number of hydrogen-bond acceptors (Lipinski definition) is 5. The zero-order chi connectivity index (χ0) is 22.5. The second kappa shape index (κ2) is 11.0. The molecule has 3 heterocycles. The third-order valence-corrected chi connectivity index (χ3v) is 7.97. The summed E-state index contributed by atoms with van der Waals surface area (Å²) in [4.78, 5) is 2.53. The Hall–Kier alpha value is -1.86. The summed E-state index contributed by atoms with van der Waals surface area (Å²) in [5.74, 6) is 2.53. The van der Waals surface area contributed by atoms with Crippen molar-refractivity contribution in [2.24, 2.45) is 0 Å². The number of ether oxygens (including phenoxy) is 1. The van der Waals surface area contributed by atoms with E-state index in [9.17, 15) is 0 Å². The first-order valence-corrected chi connectivity index (χ1v) is 13.3. The molecule has 174 valence electrons. The van der Waals surface area contributed by atoms with Gasteiger partial charge in [-0.25, -0.2) is 0 Å². The van der Waals surface area contributed by atoms with E-state index in [0.29, 0.717) is 12.0 Å². The summed E-state index contributed by atoms with van der Waals surface area (Å²) in [5, 5.41) is 11.2. The molecule has 1 atom stereocenters. The highest BCUT2D eigenvalue weighted by Gasteiger charge is 2.27. The number of hydrogen-bond donors (Lipinski definition) is 0. The molecule has 2 fully saturated rings. The van der Waals surface area contributed by atoms with Crippen LogP contribution in [-0.4, -0.2) is 51.2 Å². The minimum absolute atomic E-state index is 0.344. The van der Waals surface area contributed by atoms with Gasteiger partial charge in [0.1, 0.15) is 5.82 Å². The number of aromatic nitrogens is 3. The Kier molecular flexibility index (Phi) is 7.67. The van der Waals surface area contributed by atoms with E-state index in [-0.39, 0.29) is 0 Å². The number of nitrogens with zero attached hydrogens (tertiary/aromatic N) is 4. The van der Waals surface area contributed by atoms with Gasteiger partial charge in [0.25, 0.3) is 0 Å². The lowest BCUT2D eigenvalue weighted by Gasteiger charge is -2.31. The Labute approximate surface area is 205 Å². The average Bonchev–Trinajstić information content (AvgIpc) is 3.51. The van der Waals surface area contributed by atoms with Crippen LogP contribution >= 0.6 is 23.4 Å². The average molecular weight is 483 g/mol. The minimum atomic E-state index is 0.344. The summed E-state index contributed by atoms with van der Waals surface area (Å²) in [6.07, 6.45) is 4.88. The lowest BCUT2D eigenvalue weighted by Crippen LogP contribution is -2.33. The molecule has 0 saturated carbocycles. The third-order valence-electron chi connectivity index (χ3n) is 6.62. The van der Waals surface area contributed by atoms with Crippen molar-refractivity contribution in [1.29, 1.82) is 0 Å². The van der Waals surface area contributed by atoms with Crippen molar-refractivity contribution in [2.45, 2.75) is 56.0 Å². The first-order chi connectivity index (χ1) is 16.2. The lowest BCUT2D eigenvalue weighted by molar-refractivity contribution is 0.129. The van der Waals surface area contributed by atoms with Crippen molar-refractivity contribution < 1.29 is 4.74 Å². The van der Waals surface area contributed by atoms with Gasteiger partial charge in [-0.2, -0.15) is 0 Å². The largest absolute Gasteiger partial charge is 0.377 e. The highest BCUT2D eigenvalue weighted by atomic mass is 35.5. The number of halogens is 1. The number of piperidine rings is 1. The summed E-state index contributed by atoms with van der Waals surface area (Å²) >= 11 is 7.83. The van der Waals surface area contributed by atoms with Gasteiger partial charge in [0, 0.05) is 29.8 Å². The molecule has 0 spiro atoms. The van der Waals surface area contributed by atoms with Crippen LogP contribution in [0.4, 0.5) is 0 Å². The molecule has 5 rings (SSSR count). The second-order valence-electron chi connectivity index (χ2n) is 9.04. The van der Waals surface area contributed by atoms with Gasteiger partial charge in [-0.3, -0.25) is 4.90 Å². The Bertz CT molecular complexity index is 1010. The van der Waals surface area contributed by atoms with Crippen LogP contribution in [0.25, 0.3) is 0 Å². The topological polar surface area (TPSA) is 43.2 Å². The number of thioether (sulfide) groups is 1. The van der Waals surface area contributed by atoms with Crippen molar-refractivity contribution in [3.8, 4) is 0 Å². The van der Waals surface area contributed by atoms with Gasteiger partial charge in [0.05, 0.1) is 12.6 Å². The Morgan fingerprint density at radius 1 is 0.909 bits per heavy atom. The SMILES string of the molecule is Clc1ccc(CN2CCC(c3nnc(SCC4CCCO4)n3Cc3ccccc3)CC2)cc1. The molecule has 2 aromatic carbocycles. The van der Waals surface area contributed by atoms with Crippen LogP contribution in [0.3, 0.4) is 0 Å². The van der Waals surface area contributed by atoms with E-state index >= 15 is 0 Å². The van der Waals surface area contributed by atoms with Crippen LogP contribution in [-0.2, 0) is 17.8 Å². The van der Waals surface area contributed by atoms with E-state index in [1.54, 1.807) is 11.8 Å². The lowest BCUT2D eigenvalue weighted by atomic mass is 9.95. The quantitative estimate of drug-likeness (QED) is 0.389. The van der Waals surface area contributed by atoms with E-state index in [1.165, 1.54) is 17.5 Å². The standard InChI is InChI=1S/C26H31ClN4OS/c27-23-10-8-21(9-11-23)17-30-14-12-22(13-15-30)25-28-29-26(33-19-24-7-4-16-32-24)31(25)18-20-5-2-1-3-6-20/h1-3,5-6,8-11,22,24H,4,7,12-19H2. The zero-order valence-corrected chi connectivity index (χ0v) is 20.5. The van der Waals surface area contributed by atoms with Crippen LogP contribution in [0.5, 0.6) is 0 Å². The van der Waals surface area contributed by atoms with Crippen LogP contribution < -0.4 is 0 Å². The zero-order valence-electron chi connectivity index (χ0n) is 18.9. The third kappa shape index (κ3) is 5.99. The molecule has 7 heteroatoms. The first-order valence-electron chi connectivity index (χ1n) is 11.9. The summed E-state index contributed by atoms with van der Waals surface area (Å²) in [7, 11) is 0. The predicted molar refractivity (Wildman–Crippen MR) is 134 cm³/mol. The van der Waals surface area contributed by atoms with Crippen LogP contribution in [0.2, 0.25) is 5.02 Å². The Balaban J connectivity index is 1.27. The molecule has 33 heavy (non-hydrogen) atoms. The van der Waals surface area contributed by atoms with E-state index in [0.717, 1.165) is 73.8 Å². The summed E-state index contributed by atoms with van der Waals surface area (Å²) in [5.41, 5.74) is 2.61. The molecule has 2 saturated heterocycles. The van der Waals surface area contributed by atoms with Crippen molar-refractivity contribution >= 4 is 23.4 Å². The van der Waals surface area contributed by atoms with Crippen molar-refractivity contribution in [3.05, 3.63) is 76.6 Å². The monoisotopic (exact) mass is 482 g/mol. The van der Waals surface area contributed by atoms with E-state index in [4.69, 9.17) is 21.4 Å². The second-order valence-corrected chi connectivity index (χ2v) is 10.5. The predicted octanol–water partition coefficient (Wildman–Crippen LogP) is 5.63. The molecule has 5 nitrogen and oxygen atoms in total. The van der Waals surface area contributed by atoms with Gasteiger partial charge in [0.15, 0.2) is 5.16 Å². The van der Waals surface area contributed by atoms with E-state index < -0.39 is 0 Å². The molecule has 0 amide bonds. The molecule has 0 aliphatic carbocycles. The van der Waals surface area contributed by atoms with Gasteiger partial charge in [-0.05, 0) is 62.0 Å². The van der Waals surface area contributed by atoms with Gasteiger partial charge in [-0.15, -0.1) is 10.2 Å².